The Hall–Kier alpha value is -3.31. The molecule has 4 atom stereocenters. The molecule has 4 heterocycles. The summed E-state index contributed by atoms with van der Waals surface area (Å²) < 4.78 is 27.3. The van der Waals surface area contributed by atoms with E-state index in [0.29, 0.717) is 24.5 Å². The Labute approximate surface area is 292 Å². The van der Waals surface area contributed by atoms with Crippen LogP contribution in [0.1, 0.15) is 100 Å². The van der Waals surface area contributed by atoms with Crippen molar-refractivity contribution in [2.75, 3.05) is 19.3 Å². The van der Waals surface area contributed by atoms with E-state index in [2.05, 4.69) is 85.3 Å². The highest BCUT2D eigenvalue weighted by Gasteiger charge is 2.34. The number of primary sulfonamides is 1. The van der Waals surface area contributed by atoms with E-state index in [1.807, 2.05) is 25.0 Å². The molecule has 3 unspecified atom stereocenters. The van der Waals surface area contributed by atoms with E-state index in [1.54, 1.807) is 0 Å². The third kappa shape index (κ3) is 7.58. The monoisotopic (exact) mass is 683 g/mol. The number of imidazole rings is 2. The van der Waals surface area contributed by atoms with Gasteiger partial charge in [0.2, 0.25) is 10.0 Å². The molecule has 2 saturated carbocycles. The van der Waals surface area contributed by atoms with Crippen LogP contribution in [0.5, 0.6) is 0 Å². The first-order valence-corrected chi connectivity index (χ1v) is 20.3. The van der Waals surface area contributed by atoms with Crippen molar-refractivity contribution in [3.8, 4) is 22.5 Å². The maximum absolute atomic E-state index is 11.4. The maximum atomic E-state index is 11.4. The smallest absolute Gasteiger partial charge is 0.210 e. The average molecular weight is 684 g/mol. The number of nitrogens with zero attached hydrogens (tertiary/aromatic N) is 4. The minimum absolute atomic E-state index is 0.0200. The van der Waals surface area contributed by atoms with Crippen LogP contribution in [0, 0.1) is 11.8 Å². The van der Waals surface area contributed by atoms with Gasteiger partial charge in [-0.15, -0.1) is 0 Å². The van der Waals surface area contributed by atoms with Gasteiger partial charge in [-0.2, -0.15) is 0 Å². The zero-order valence-electron chi connectivity index (χ0n) is 28.9. The number of sulfonamides is 1. The van der Waals surface area contributed by atoms with Crippen molar-refractivity contribution >= 4 is 10.0 Å². The van der Waals surface area contributed by atoms with E-state index < -0.39 is 10.0 Å². The van der Waals surface area contributed by atoms with Gasteiger partial charge in [-0.1, -0.05) is 87.1 Å². The highest BCUT2D eigenvalue weighted by molar-refractivity contribution is 7.89. The van der Waals surface area contributed by atoms with Crippen molar-refractivity contribution in [1.29, 1.82) is 0 Å². The fourth-order valence-electron chi connectivity index (χ4n) is 9.27. The van der Waals surface area contributed by atoms with Gasteiger partial charge >= 0.3 is 0 Å². The zero-order chi connectivity index (χ0) is 33.8. The number of benzene rings is 2. The lowest BCUT2D eigenvalue weighted by Gasteiger charge is -2.33. The standard InChI is InChI=1S/C20H28N4O2S.C19H25N3/c21-27(25,26)11-10-23-18(15-6-2-1-3-7-15)12-19-16-8-4-5-9-17(16)20-13-22-14-24(19)20;1-20-17(14-7-3-2-4-8-14)11-18-15-9-5-6-10-16(15)19-12-21-13-22(18)19/h4-5,8-9,13-15,18-19,23H,1-3,6-7,10-12H2,(H2,21,25,26);5-6,9-10,12-14,17-18,20H,2-4,7-8,11H2,1H3/t18?,19-;/m0./s1. The summed E-state index contributed by atoms with van der Waals surface area (Å²) in [6, 6.07) is 18.9. The first kappa shape index (κ1) is 34.2. The van der Waals surface area contributed by atoms with Gasteiger partial charge in [0.25, 0.3) is 0 Å². The van der Waals surface area contributed by atoms with Gasteiger partial charge in [-0.25, -0.2) is 23.5 Å². The van der Waals surface area contributed by atoms with Crippen molar-refractivity contribution in [2.45, 2.75) is 101 Å². The molecular weight excluding hydrogens is 631 g/mol. The van der Waals surface area contributed by atoms with Crippen LogP contribution in [0.3, 0.4) is 0 Å². The molecule has 4 aromatic rings. The quantitative estimate of drug-likeness (QED) is 0.162. The number of nitrogens with one attached hydrogen (secondary N) is 2. The van der Waals surface area contributed by atoms with Gasteiger partial charge in [0.1, 0.15) is 0 Å². The molecule has 2 aromatic heterocycles. The van der Waals surface area contributed by atoms with Crippen molar-refractivity contribution < 1.29 is 8.42 Å². The van der Waals surface area contributed by atoms with Crippen LogP contribution in [0.2, 0.25) is 0 Å². The summed E-state index contributed by atoms with van der Waals surface area (Å²) >= 11 is 0. The number of aromatic nitrogens is 4. The molecule has 10 heteroatoms. The van der Waals surface area contributed by atoms with Crippen LogP contribution < -0.4 is 15.8 Å². The molecule has 2 aliphatic heterocycles. The highest BCUT2D eigenvalue weighted by Crippen LogP contribution is 2.44. The Bertz CT molecular complexity index is 1790. The predicted molar refractivity (Wildman–Crippen MR) is 197 cm³/mol. The molecule has 2 aliphatic carbocycles. The van der Waals surface area contributed by atoms with E-state index in [1.165, 1.54) is 104 Å². The van der Waals surface area contributed by atoms with Crippen LogP contribution in [-0.2, 0) is 10.0 Å². The Morgan fingerprint density at radius 1 is 0.735 bits per heavy atom. The lowest BCUT2D eigenvalue weighted by molar-refractivity contribution is 0.246. The summed E-state index contributed by atoms with van der Waals surface area (Å²) in [7, 11) is -1.31. The molecule has 0 spiro atoms. The molecule has 2 aromatic carbocycles. The third-order valence-electron chi connectivity index (χ3n) is 11.8. The first-order valence-electron chi connectivity index (χ1n) is 18.5. The summed E-state index contributed by atoms with van der Waals surface area (Å²) in [6.45, 7) is 0.408. The molecule has 262 valence electrons. The lowest BCUT2D eigenvalue weighted by atomic mass is 9.80. The van der Waals surface area contributed by atoms with Gasteiger partial charge in [0.05, 0.1) is 54.3 Å². The van der Waals surface area contributed by atoms with Gasteiger partial charge in [0.15, 0.2) is 0 Å². The van der Waals surface area contributed by atoms with Crippen molar-refractivity contribution in [2.24, 2.45) is 17.0 Å². The molecule has 8 rings (SSSR count). The summed E-state index contributed by atoms with van der Waals surface area (Å²) in [6.07, 6.45) is 23.2. The third-order valence-corrected chi connectivity index (χ3v) is 12.5. The second kappa shape index (κ2) is 15.3. The number of nitrogens with two attached hydrogens (primary N) is 1. The second-order valence-corrected chi connectivity index (χ2v) is 16.4. The Balaban J connectivity index is 0.000000157. The minimum Gasteiger partial charge on any atom is -0.323 e. The molecule has 4 N–H and O–H groups in total. The summed E-state index contributed by atoms with van der Waals surface area (Å²) in [5.74, 6) is 1.39. The summed E-state index contributed by atoms with van der Waals surface area (Å²) in [5.41, 5.74) is 7.87. The molecule has 0 bridgehead atoms. The molecule has 0 saturated heterocycles. The van der Waals surface area contributed by atoms with E-state index in [0.717, 1.165) is 12.3 Å². The van der Waals surface area contributed by atoms with E-state index >= 15 is 0 Å². The molecule has 0 radical (unpaired) electrons. The van der Waals surface area contributed by atoms with Gasteiger partial charge < -0.3 is 19.8 Å². The molecule has 4 aliphatic rings. The molecule has 2 fully saturated rings. The lowest BCUT2D eigenvalue weighted by Crippen LogP contribution is -2.41. The van der Waals surface area contributed by atoms with Crippen LogP contribution in [-0.4, -0.2) is 58.9 Å². The van der Waals surface area contributed by atoms with Gasteiger partial charge in [-0.3, -0.25) is 0 Å². The zero-order valence-corrected chi connectivity index (χ0v) is 29.7. The summed E-state index contributed by atoms with van der Waals surface area (Å²) in [5, 5.41) is 12.3. The normalized spacial score (nSPS) is 21.6. The molecule has 0 amide bonds. The largest absolute Gasteiger partial charge is 0.323 e. The fraction of sp³-hybridized carbons (Fsp3) is 0.538. The highest BCUT2D eigenvalue weighted by atomic mass is 32.2. The van der Waals surface area contributed by atoms with E-state index in [9.17, 15) is 8.42 Å². The SMILES string of the molecule is CNC(CC1c2ccccc2-c2cncn21)C1CCCCC1.NS(=O)(=O)CCNC(C[C@H]1c2ccccc2-c2cncn21)C1CCCCC1. The Morgan fingerprint density at radius 2 is 1.20 bits per heavy atom. The summed E-state index contributed by atoms with van der Waals surface area (Å²) in [4.78, 5) is 8.73. The Kier molecular flexibility index (Phi) is 10.7. The van der Waals surface area contributed by atoms with E-state index in [-0.39, 0.29) is 17.8 Å². The van der Waals surface area contributed by atoms with Crippen LogP contribution in [0.25, 0.3) is 22.5 Å². The number of hydrogen-bond donors (Lipinski definition) is 3. The minimum atomic E-state index is -3.44. The van der Waals surface area contributed by atoms with Crippen LogP contribution in [0.4, 0.5) is 0 Å². The predicted octanol–water partition coefficient (Wildman–Crippen LogP) is 6.68. The Morgan fingerprint density at radius 3 is 1.69 bits per heavy atom. The number of hydrogen-bond acceptors (Lipinski definition) is 6. The number of rotatable bonds is 11. The van der Waals surface area contributed by atoms with Gasteiger partial charge in [0, 0.05) is 29.8 Å². The van der Waals surface area contributed by atoms with E-state index in [4.69, 9.17) is 5.14 Å². The number of fused-ring (bicyclic) bond motifs is 6. The molecule has 9 nitrogen and oxygen atoms in total. The topological polar surface area (TPSA) is 120 Å². The van der Waals surface area contributed by atoms with Crippen molar-refractivity contribution in [1.82, 2.24) is 29.7 Å². The van der Waals surface area contributed by atoms with Crippen LogP contribution >= 0.6 is 0 Å². The fourth-order valence-corrected chi connectivity index (χ4v) is 9.68. The van der Waals surface area contributed by atoms with Gasteiger partial charge in [-0.05, 0) is 68.5 Å². The van der Waals surface area contributed by atoms with Crippen LogP contribution in [0.15, 0.2) is 73.6 Å². The molecular formula is C39H53N7O2S. The maximum Gasteiger partial charge on any atom is 0.210 e. The molecule has 49 heavy (non-hydrogen) atoms. The van der Waals surface area contributed by atoms with Crippen molar-refractivity contribution in [3.63, 3.8) is 0 Å². The first-order chi connectivity index (χ1) is 23.9. The second-order valence-electron chi connectivity index (χ2n) is 14.7. The van der Waals surface area contributed by atoms with Crippen molar-refractivity contribution in [3.05, 3.63) is 84.7 Å². The average Bonchev–Trinajstić information content (AvgIpc) is 3.91.